The number of para-hydroxylation sites is 1. The molecule has 0 aliphatic heterocycles. The van der Waals surface area contributed by atoms with E-state index >= 15 is 0 Å². The van der Waals surface area contributed by atoms with Gasteiger partial charge in [-0.2, -0.15) is 17.9 Å². The van der Waals surface area contributed by atoms with Crippen molar-refractivity contribution >= 4 is 0 Å². The maximum absolute atomic E-state index is 12.7. The highest BCUT2D eigenvalue weighted by atomic mass is 19.4. The molecule has 0 bridgehead atoms. The van der Waals surface area contributed by atoms with Crippen LogP contribution in [0.5, 0.6) is 11.5 Å². The Morgan fingerprint density at radius 1 is 1.00 bits per heavy atom. The lowest BCUT2D eigenvalue weighted by Crippen LogP contribution is -2.24. The van der Waals surface area contributed by atoms with Gasteiger partial charge in [-0.15, -0.1) is 0 Å². The summed E-state index contributed by atoms with van der Waals surface area (Å²) in [6.45, 7) is -0.0446. The third-order valence-corrected chi connectivity index (χ3v) is 2.55. The third kappa shape index (κ3) is 4.27. The Hall–Kier alpha value is -2.44. The van der Waals surface area contributed by atoms with Gasteiger partial charge in [0.25, 0.3) is 0 Å². The van der Waals surface area contributed by atoms with E-state index in [0.29, 0.717) is 10.5 Å². The first-order valence-corrected chi connectivity index (χ1v) is 6.07. The van der Waals surface area contributed by atoms with Crippen molar-refractivity contribution in [1.29, 1.82) is 0 Å². The Balaban J connectivity index is 1.90. The topological polar surface area (TPSA) is 45.4 Å². The quantitative estimate of drug-likeness (QED) is 0.484. The molecule has 0 fully saturated rings. The molecule has 112 valence electrons. The number of ether oxygens (including phenoxy) is 2. The molecule has 1 aromatic heterocycles. The molecule has 0 amide bonds. The Labute approximate surface area is 118 Å². The zero-order valence-electron chi connectivity index (χ0n) is 10.8. The van der Waals surface area contributed by atoms with Crippen molar-refractivity contribution < 1.29 is 27.4 Å². The highest BCUT2D eigenvalue weighted by Crippen LogP contribution is 2.35. The zero-order chi connectivity index (χ0) is 15.3. The van der Waals surface area contributed by atoms with Gasteiger partial charge >= 0.3 is 6.18 Å². The second-order valence-corrected chi connectivity index (χ2v) is 4.09. The van der Waals surface area contributed by atoms with Gasteiger partial charge in [0.15, 0.2) is 11.9 Å². The van der Waals surface area contributed by atoms with Crippen LogP contribution < -0.4 is 14.2 Å². The molecule has 1 aromatic carbocycles. The average molecular weight is 299 g/mol. The number of aromatic nitrogens is 1. The van der Waals surface area contributed by atoms with Crippen LogP contribution in [0.2, 0.25) is 0 Å². The lowest BCUT2D eigenvalue weighted by molar-refractivity contribution is -0.605. The van der Waals surface area contributed by atoms with Gasteiger partial charge in [0.1, 0.15) is 19.0 Å². The van der Waals surface area contributed by atoms with Gasteiger partial charge in [0, 0.05) is 6.07 Å². The first kappa shape index (κ1) is 15.0. The highest BCUT2D eigenvalue weighted by Gasteiger charge is 2.33. The Morgan fingerprint density at radius 2 is 1.71 bits per heavy atom. The van der Waals surface area contributed by atoms with Crippen LogP contribution in [0.15, 0.2) is 48.8 Å². The van der Waals surface area contributed by atoms with Gasteiger partial charge in [-0.25, -0.2) is 0 Å². The van der Waals surface area contributed by atoms with Crippen molar-refractivity contribution in [2.75, 3.05) is 13.2 Å². The second kappa shape index (κ2) is 6.34. The number of hydrogen-bond donors (Lipinski definition) is 0. The minimum Gasteiger partial charge on any atom is -0.619 e. The smallest absolute Gasteiger partial charge is 0.419 e. The van der Waals surface area contributed by atoms with E-state index in [1.165, 1.54) is 36.7 Å². The maximum atomic E-state index is 12.7. The summed E-state index contributed by atoms with van der Waals surface area (Å²) in [6, 6.07) is 8.02. The van der Waals surface area contributed by atoms with Crippen molar-refractivity contribution in [2.24, 2.45) is 0 Å². The molecule has 0 aliphatic carbocycles. The largest absolute Gasteiger partial charge is 0.619 e. The molecule has 0 N–H and O–H groups in total. The normalized spacial score (nSPS) is 11.2. The summed E-state index contributed by atoms with van der Waals surface area (Å²) in [5.74, 6) is 0.0701. The predicted molar refractivity (Wildman–Crippen MR) is 67.8 cm³/mol. The van der Waals surface area contributed by atoms with Gasteiger partial charge < -0.3 is 14.7 Å². The van der Waals surface area contributed by atoms with E-state index in [9.17, 15) is 18.4 Å². The Morgan fingerprint density at radius 3 is 2.43 bits per heavy atom. The molecule has 0 radical (unpaired) electrons. The fourth-order valence-electron chi connectivity index (χ4n) is 1.66. The van der Waals surface area contributed by atoms with Crippen molar-refractivity contribution in [2.45, 2.75) is 6.18 Å². The number of halogens is 3. The summed E-state index contributed by atoms with van der Waals surface area (Å²) < 4.78 is 49.0. The molecule has 0 saturated carbocycles. The number of alkyl halides is 3. The molecule has 2 aromatic rings. The monoisotopic (exact) mass is 299 g/mol. The molecule has 2 rings (SSSR count). The first-order chi connectivity index (χ1) is 9.97. The van der Waals surface area contributed by atoms with E-state index in [1.54, 1.807) is 6.07 Å². The molecule has 0 saturated heterocycles. The SMILES string of the molecule is [O-][n+]1cccc(OCCOc2ccccc2C(F)(F)F)c1. The van der Waals surface area contributed by atoms with Gasteiger partial charge in [0.05, 0.1) is 5.56 Å². The van der Waals surface area contributed by atoms with Gasteiger partial charge in [-0.05, 0) is 18.2 Å². The summed E-state index contributed by atoms with van der Waals surface area (Å²) >= 11 is 0. The van der Waals surface area contributed by atoms with E-state index in [2.05, 4.69) is 0 Å². The summed E-state index contributed by atoms with van der Waals surface area (Å²) in [6.07, 6.45) is -1.96. The molecule has 0 unspecified atom stereocenters. The summed E-state index contributed by atoms with van der Waals surface area (Å²) in [4.78, 5) is 0. The third-order valence-electron chi connectivity index (χ3n) is 2.55. The van der Waals surface area contributed by atoms with E-state index in [1.807, 2.05) is 0 Å². The van der Waals surface area contributed by atoms with Crippen LogP contribution in [-0.2, 0) is 6.18 Å². The number of benzene rings is 1. The Bertz CT molecular complexity index is 602. The van der Waals surface area contributed by atoms with Crippen molar-refractivity contribution in [3.05, 3.63) is 59.6 Å². The van der Waals surface area contributed by atoms with Crippen LogP contribution in [0.3, 0.4) is 0 Å². The molecule has 0 spiro atoms. The fourth-order valence-corrected chi connectivity index (χ4v) is 1.66. The minimum absolute atomic E-state index is 0.0240. The molecule has 21 heavy (non-hydrogen) atoms. The Kier molecular flexibility index (Phi) is 4.52. The van der Waals surface area contributed by atoms with E-state index in [0.717, 1.165) is 6.07 Å². The predicted octanol–water partition coefficient (Wildman–Crippen LogP) is 2.80. The number of nitrogens with zero attached hydrogens (tertiary/aromatic N) is 1. The molecule has 1 heterocycles. The maximum Gasteiger partial charge on any atom is 0.419 e. The molecular weight excluding hydrogens is 287 g/mol. The van der Waals surface area contributed by atoms with Gasteiger partial charge in [-0.3, -0.25) is 0 Å². The van der Waals surface area contributed by atoms with Crippen LogP contribution >= 0.6 is 0 Å². The van der Waals surface area contributed by atoms with Crippen LogP contribution in [0.25, 0.3) is 0 Å². The van der Waals surface area contributed by atoms with Crippen molar-refractivity contribution in [3.63, 3.8) is 0 Å². The fraction of sp³-hybridized carbons (Fsp3) is 0.214. The number of pyridine rings is 1. The average Bonchev–Trinajstić information content (AvgIpc) is 2.43. The molecule has 0 atom stereocenters. The van der Waals surface area contributed by atoms with Crippen LogP contribution in [0.4, 0.5) is 13.2 Å². The summed E-state index contributed by atoms with van der Waals surface area (Å²) in [5.41, 5.74) is -0.831. The molecule has 0 aliphatic rings. The zero-order valence-corrected chi connectivity index (χ0v) is 10.8. The number of hydrogen-bond acceptors (Lipinski definition) is 3. The van der Waals surface area contributed by atoms with E-state index in [-0.39, 0.29) is 19.0 Å². The molecule has 7 heteroatoms. The van der Waals surface area contributed by atoms with E-state index < -0.39 is 11.7 Å². The summed E-state index contributed by atoms with van der Waals surface area (Å²) in [5, 5.41) is 11.0. The van der Waals surface area contributed by atoms with Gasteiger partial charge in [-0.1, -0.05) is 12.1 Å². The molecular formula is C14H12F3NO3. The van der Waals surface area contributed by atoms with Crippen LogP contribution in [-0.4, -0.2) is 13.2 Å². The van der Waals surface area contributed by atoms with Crippen molar-refractivity contribution in [3.8, 4) is 11.5 Å². The lowest BCUT2D eigenvalue weighted by Gasteiger charge is -2.13. The van der Waals surface area contributed by atoms with Crippen molar-refractivity contribution in [1.82, 2.24) is 0 Å². The number of rotatable bonds is 5. The minimum atomic E-state index is -4.47. The second-order valence-electron chi connectivity index (χ2n) is 4.09. The lowest BCUT2D eigenvalue weighted by atomic mass is 10.2. The first-order valence-electron chi connectivity index (χ1n) is 6.07. The summed E-state index contributed by atoms with van der Waals surface area (Å²) in [7, 11) is 0. The van der Waals surface area contributed by atoms with Crippen LogP contribution in [0, 0.1) is 5.21 Å². The van der Waals surface area contributed by atoms with Gasteiger partial charge in [0.2, 0.25) is 6.20 Å². The molecule has 4 nitrogen and oxygen atoms in total. The van der Waals surface area contributed by atoms with E-state index in [4.69, 9.17) is 9.47 Å². The highest BCUT2D eigenvalue weighted by molar-refractivity contribution is 5.35. The standard InChI is InChI=1S/C14H12F3NO3/c15-14(16,17)12-5-1-2-6-13(12)21-9-8-20-11-4-3-7-18(19)10-11/h1-7,10H,8-9H2. The van der Waals surface area contributed by atoms with Crippen LogP contribution in [0.1, 0.15) is 5.56 Å².